The molecule has 1 aromatic rings. The summed E-state index contributed by atoms with van der Waals surface area (Å²) in [5.41, 5.74) is 1.13. The Balaban J connectivity index is 1.15. The molecule has 24 heavy (non-hydrogen) atoms. The zero-order valence-corrected chi connectivity index (χ0v) is 14.3. The average Bonchev–Trinajstić information content (AvgIpc) is 3.02. The molecule has 1 aromatic heterocycles. The van der Waals surface area contributed by atoms with Crippen LogP contribution in [0.1, 0.15) is 50.1 Å². The van der Waals surface area contributed by atoms with Crippen LogP contribution in [0, 0.1) is 0 Å². The van der Waals surface area contributed by atoms with Gasteiger partial charge in [0.1, 0.15) is 0 Å². The minimum absolute atomic E-state index is 0.0247. The van der Waals surface area contributed by atoms with Gasteiger partial charge in [-0.25, -0.2) is 4.79 Å². The number of H-pyrrole nitrogens is 1. The van der Waals surface area contributed by atoms with Crippen LogP contribution in [0.4, 0.5) is 10.6 Å². The van der Waals surface area contributed by atoms with Crippen LogP contribution in [-0.4, -0.2) is 45.2 Å². The number of nitrogens with one attached hydrogen (secondary N) is 4. The Morgan fingerprint density at radius 1 is 1.33 bits per heavy atom. The zero-order valence-electron chi connectivity index (χ0n) is 13.5. The quantitative estimate of drug-likeness (QED) is 0.447. The van der Waals surface area contributed by atoms with E-state index in [1.807, 2.05) is 17.8 Å². The lowest BCUT2D eigenvalue weighted by molar-refractivity contribution is -0.116. The highest BCUT2D eigenvalue weighted by Gasteiger charge is 2.42. The van der Waals surface area contributed by atoms with Gasteiger partial charge in [0.05, 0.1) is 12.1 Å². The maximum absolute atomic E-state index is 12.0. The largest absolute Gasteiger partial charge is 0.332 e. The third kappa shape index (κ3) is 3.53. The van der Waals surface area contributed by atoms with Crippen molar-refractivity contribution in [2.24, 2.45) is 0 Å². The number of hydrogen-bond donors (Lipinski definition) is 4. The third-order valence-corrected chi connectivity index (χ3v) is 6.47. The number of rotatable bonds is 7. The highest BCUT2D eigenvalue weighted by Crippen LogP contribution is 2.39. The molecular formula is C16H23N5O2S. The van der Waals surface area contributed by atoms with E-state index in [1.54, 1.807) is 0 Å². The van der Waals surface area contributed by atoms with Gasteiger partial charge in [-0.15, -0.1) is 0 Å². The maximum atomic E-state index is 12.0. The zero-order chi connectivity index (χ0) is 16.5. The molecule has 130 valence electrons. The monoisotopic (exact) mass is 349 g/mol. The molecule has 8 heteroatoms. The molecule has 1 saturated carbocycles. The lowest BCUT2D eigenvalue weighted by Gasteiger charge is -2.16. The van der Waals surface area contributed by atoms with Gasteiger partial charge in [-0.2, -0.15) is 16.9 Å². The minimum atomic E-state index is -0.0424. The molecule has 7 nitrogen and oxygen atoms in total. The highest BCUT2D eigenvalue weighted by atomic mass is 32.2. The second kappa shape index (κ2) is 6.66. The number of thioether (sulfide) groups is 1. The first-order valence-electron chi connectivity index (χ1n) is 8.73. The van der Waals surface area contributed by atoms with Crippen LogP contribution in [0.2, 0.25) is 0 Å². The number of carbonyl (C=O) groups excluding carboxylic acids is 2. The predicted molar refractivity (Wildman–Crippen MR) is 93.1 cm³/mol. The molecule has 0 radical (unpaired) electrons. The van der Waals surface area contributed by atoms with E-state index in [0.29, 0.717) is 23.4 Å². The van der Waals surface area contributed by atoms with Crippen molar-refractivity contribution in [3.05, 3.63) is 11.8 Å². The molecule has 2 aliphatic heterocycles. The Kier molecular flexibility index (Phi) is 4.39. The average molecular weight is 349 g/mol. The molecule has 0 bridgehead atoms. The minimum Gasteiger partial charge on any atom is -0.332 e. The number of amides is 3. The first-order chi connectivity index (χ1) is 11.7. The number of aromatic amines is 1. The van der Waals surface area contributed by atoms with Crippen molar-refractivity contribution in [3.8, 4) is 0 Å². The number of urea groups is 1. The summed E-state index contributed by atoms with van der Waals surface area (Å²) in [6, 6.07) is 2.43. The van der Waals surface area contributed by atoms with E-state index in [2.05, 4.69) is 26.1 Å². The fourth-order valence-electron chi connectivity index (χ4n) is 3.48. The van der Waals surface area contributed by atoms with Crippen molar-refractivity contribution >= 4 is 29.5 Å². The molecule has 0 spiro atoms. The molecule has 3 aliphatic rings. The van der Waals surface area contributed by atoms with Crippen LogP contribution in [0.5, 0.6) is 0 Å². The van der Waals surface area contributed by atoms with Crippen LogP contribution < -0.4 is 16.0 Å². The fraction of sp³-hybridized carbons (Fsp3) is 0.688. The molecule has 3 heterocycles. The van der Waals surface area contributed by atoms with Crippen molar-refractivity contribution < 1.29 is 9.59 Å². The lowest BCUT2D eigenvalue weighted by atomic mass is 10.0. The SMILES string of the molecule is O=C(CCCC[C@@H]1SC[C@@H]2NC(=O)N[C@@H]21)Nc1cc(C2CC2)[nH]n1. The number of unbranched alkanes of at least 4 members (excludes halogenated alkanes) is 1. The second-order valence-corrected chi connectivity index (χ2v) is 8.17. The smallest absolute Gasteiger partial charge is 0.315 e. The molecule has 4 rings (SSSR count). The van der Waals surface area contributed by atoms with Crippen molar-refractivity contribution in [2.45, 2.75) is 61.8 Å². The van der Waals surface area contributed by atoms with Gasteiger partial charge in [0, 0.05) is 35.1 Å². The number of anilines is 1. The molecular weight excluding hydrogens is 326 g/mol. The van der Waals surface area contributed by atoms with Crippen LogP contribution in [0.25, 0.3) is 0 Å². The van der Waals surface area contributed by atoms with Gasteiger partial charge < -0.3 is 16.0 Å². The Bertz CT molecular complexity index is 630. The van der Waals surface area contributed by atoms with E-state index < -0.39 is 0 Å². The van der Waals surface area contributed by atoms with Gasteiger partial charge in [0.15, 0.2) is 5.82 Å². The van der Waals surface area contributed by atoms with Crippen LogP contribution in [-0.2, 0) is 4.79 Å². The van der Waals surface area contributed by atoms with Crippen molar-refractivity contribution in [1.82, 2.24) is 20.8 Å². The van der Waals surface area contributed by atoms with Gasteiger partial charge >= 0.3 is 6.03 Å². The number of aromatic nitrogens is 2. The van der Waals surface area contributed by atoms with Crippen LogP contribution in [0.3, 0.4) is 0 Å². The van der Waals surface area contributed by atoms with Gasteiger partial charge in [0.2, 0.25) is 5.91 Å². The van der Waals surface area contributed by atoms with E-state index in [9.17, 15) is 9.59 Å². The Hall–Kier alpha value is -1.70. The summed E-state index contributed by atoms with van der Waals surface area (Å²) in [7, 11) is 0. The summed E-state index contributed by atoms with van der Waals surface area (Å²) < 4.78 is 0. The topological polar surface area (TPSA) is 98.9 Å². The number of fused-ring (bicyclic) bond motifs is 1. The maximum Gasteiger partial charge on any atom is 0.315 e. The van der Waals surface area contributed by atoms with Crippen molar-refractivity contribution in [1.29, 1.82) is 0 Å². The van der Waals surface area contributed by atoms with Crippen molar-refractivity contribution in [3.63, 3.8) is 0 Å². The summed E-state index contributed by atoms with van der Waals surface area (Å²) in [5, 5.41) is 16.4. The van der Waals surface area contributed by atoms with E-state index in [-0.39, 0.29) is 24.0 Å². The molecule has 3 fully saturated rings. The van der Waals surface area contributed by atoms with E-state index in [0.717, 1.165) is 30.7 Å². The summed E-state index contributed by atoms with van der Waals surface area (Å²) in [6.45, 7) is 0. The van der Waals surface area contributed by atoms with Gasteiger partial charge in [-0.3, -0.25) is 9.89 Å². The molecule has 4 N–H and O–H groups in total. The summed E-state index contributed by atoms with van der Waals surface area (Å²) in [6.07, 6.45) is 5.84. The first-order valence-corrected chi connectivity index (χ1v) is 9.78. The van der Waals surface area contributed by atoms with Crippen LogP contribution >= 0.6 is 11.8 Å². The second-order valence-electron chi connectivity index (χ2n) is 6.90. The molecule has 0 unspecified atom stereocenters. The molecule has 2 saturated heterocycles. The van der Waals surface area contributed by atoms with Crippen molar-refractivity contribution in [2.75, 3.05) is 11.1 Å². The molecule has 0 aromatic carbocycles. The Morgan fingerprint density at radius 2 is 2.21 bits per heavy atom. The molecule has 3 amide bonds. The Morgan fingerprint density at radius 3 is 3.04 bits per heavy atom. The van der Waals surface area contributed by atoms with Gasteiger partial charge in [-0.05, 0) is 25.7 Å². The molecule has 3 atom stereocenters. The number of nitrogens with zero attached hydrogens (tertiary/aromatic N) is 1. The fourth-order valence-corrected chi connectivity index (χ4v) is 5.03. The third-order valence-electron chi connectivity index (χ3n) is 4.96. The summed E-state index contributed by atoms with van der Waals surface area (Å²) in [4.78, 5) is 23.3. The Labute approximate surface area is 145 Å². The number of carbonyl (C=O) groups is 2. The highest BCUT2D eigenvalue weighted by molar-refractivity contribution is 8.00. The van der Waals surface area contributed by atoms with E-state index in [4.69, 9.17) is 0 Å². The van der Waals surface area contributed by atoms with Crippen LogP contribution in [0.15, 0.2) is 6.07 Å². The summed E-state index contributed by atoms with van der Waals surface area (Å²) >= 11 is 1.92. The van der Waals surface area contributed by atoms with Gasteiger partial charge in [0.25, 0.3) is 0 Å². The first kappa shape index (κ1) is 15.8. The van der Waals surface area contributed by atoms with E-state index in [1.165, 1.54) is 12.8 Å². The number of hydrogen-bond acceptors (Lipinski definition) is 4. The predicted octanol–water partition coefficient (Wildman–Crippen LogP) is 1.95. The lowest BCUT2D eigenvalue weighted by Crippen LogP contribution is -2.36. The van der Waals surface area contributed by atoms with Gasteiger partial charge in [-0.1, -0.05) is 6.42 Å². The molecule has 1 aliphatic carbocycles. The van der Waals surface area contributed by atoms with E-state index >= 15 is 0 Å². The summed E-state index contributed by atoms with van der Waals surface area (Å²) in [5.74, 6) is 2.26. The standard InChI is InChI=1S/C16H23N5O2S/c22-14(18-13-7-10(20-21-13)9-5-6-9)4-2-1-3-12-15-11(8-24-12)17-16(23)19-15/h7,9,11-12,15H,1-6,8H2,(H2,17,19,23)(H2,18,20,21,22)/t11-,12-,15-/m0/s1. The normalized spacial score (nSPS) is 28.3.